The van der Waals surface area contributed by atoms with Crippen molar-refractivity contribution < 1.29 is 19.4 Å². The van der Waals surface area contributed by atoms with Gasteiger partial charge < -0.3 is 15.2 Å². The number of hydrogen-bond acceptors (Lipinski definition) is 3. The summed E-state index contributed by atoms with van der Waals surface area (Å²) < 4.78 is 5.13. The minimum absolute atomic E-state index is 0.301. The van der Waals surface area contributed by atoms with Crippen LogP contribution in [-0.2, 0) is 16.1 Å². The van der Waals surface area contributed by atoms with Crippen LogP contribution in [0.25, 0.3) is 0 Å². The maximum Gasteiger partial charge on any atom is 0.407 e. The molecule has 0 saturated heterocycles. The molecule has 1 unspecified atom stereocenters. The highest BCUT2D eigenvalue weighted by Gasteiger charge is 2.16. The molecule has 0 heterocycles. The molecular formula is C15H21NO4. The number of carboxylic acid groups (broad SMARTS) is 1. The van der Waals surface area contributed by atoms with Crippen molar-refractivity contribution in [3.8, 4) is 0 Å². The van der Waals surface area contributed by atoms with Crippen LogP contribution in [-0.4, -0.2) is 22.8 Å². The van der Waals surface area contributed by atoms with Crippen molar-refractivity contribution in [1.82, 2.24) is 5.32 Å². The van der Waals surface area contributed by atoms with Gasteiger partial charge >= 0.3 is 12.1 Å². The highest BCUT2D eigenvalue weighted by Crippen LogP contribution is 2.17. The number of ether oxygens (including phenoxy) is 1. The van der Waals surface area contributed by atoms with Crippen molar-refractivity contribution in [2.24, 2.45) is 0 Å². The first-order valence-corrected chi connectivity index (χ1v) is 6.47. The molecule has 110 valence electrons. The molecule has 0 saturated carbocycles. The van der Waals surface area contributed by atoms with E-state index in [2.05, 4.69) is 5.32 Å². The van der Waals surface area contributed by atoms with Crippen LogP contribution in [0.5, 0.6) is 0 Å². The molecule has 0 aliphatic heterocycles. The van der Waals surface area contributed by atoms with Crippen LogP contribution in [0.3, 0.4) is 0 Å². The number of carboxylic acids is 1. The smallest absolute Gasteiger partial charge is 0.407 e. The molecule has 1 rings (SSSR count). The first-order valence-electron chi connectivity index (χ1n) is 6.47. The SMILES string of the molecule is CC(C(=O)O)c1cccc(CNC(=O)OC(C)(C)C)c1. The van der Waals surface area contributed by atoms with Crippen molar-refractivity contribution in [3.05, 3.63) is 35.4 Å². The van der Waals surface area contributed by atoms with Crippen LogP contribution in [0.4, 0.5) is 4.79 Å². The van der Waals surface area contributed by atoms with E-state index >= 15 is 0 Å². The Morgan fingerprint density at radius 3 is 2.55 bits per heavy atom. The van der Waals surface area contributed by atoms with Crippen LogP contribution in [0, 0.1) is 0 Å². The average molecular weight is 279 g/mol. The van der Waals surface area contributed by atoms with Gasteiger partial charge in [0.25, 0.3) is 0 Å². The molecule has 0 bridgehead atoms. The first kappa shape index (κ1) is 16.0. The van der Waals surface area contributed by atoms with E-state index < -0.39 is 23.6 Å². The lowest BCUT2D eigenvalue weighted by Gasteiger charge is -2.19. The van der Waals surface area contributed by atoms with Crippen molar-refractivity contribution in [3.63, 3.8) is 0 Å². The van der Waals surface area contributed by atoms with Gasteiger partial charge in [-0.1, -0.05) is 24.3 Å². The molecule has 0 aromatic heterocycles. The Morgan fingerprint density at radius 1 is 1.35 bits per heavy atom. The molecule has 0 aliphatic carbocycles. The summed E-state index contributed by atoms with van der Waals surface area (Å²) in [6, 6.07) is 7.14. The van der Waals surface area contributed by atoms with Crippen molar-refractivity contribution in [1.29, 1.82) is 0 Å². The number of amides is 1. The summed E-state index contributed by atoms with van der Waals surface area (Å²) in [7, 11) is 0. The summed E-state index contributed by atoms with van der Waals surface area (Å²) >= 11 is 0. The monoisotopic (exact) mass is 279 g/mol. The summed E-state index contributed by atoms with van der Waals surface area (Å²) in [5.74, 6) is -1.45. The normalized spacial score (nSPS) is 12.6. The molecule has 0 fully saturated rings. The van der Waals surface area contributed by atoms with Crippen LogP contribution in [0.15, 0.2) is 24.3 Å². The molecule has 2 N–H and O–H groups in total. The largest absolute Gasteiger partial charge is 0.481 e. The van der Waals surface area contributed by atoms with Crippen LogP contribution in [0.1, 0.15) is 44.7 Å². The number of nitrogens with one attached hydrogen (secondary N) is 1. The van der Waals surface area contributed by atoms with Crippen LogP contribution >= 0.6 is 0 Å². The lowest BCUT2D eigenvalue weighted by atomic mass is 9.99. The number of benzene rings is 1. The Morgan fingerprint density at radius 2 is 2.00 bits per heavy atom. The van der Waals surface area contributed by atoms with E-state index in [1.165, 1.54) is 0 Å². The van der Waals surface area contributed by atoms with Crippen molar-refractivity contribution >= 4 is 12.1 Å². The number of carbonyl (C=O) groups is 2. The molecule has 5 nitrogen and oxygen atoms in total. The Kier molecular flexibility index (Phi) is 5.13. The fourth-order valence-electron chi connectivity index (χ4n) is 1.60. The Bertz CT molecular complexity index is 491. The maximum absolute atomic E-state index is 11.5. The first-order chi connectivity index (χ1) is 9.19. The van der Waals surface area contributed by atoms with E-state index in [0.717, 1.165) is 5.56 Å². The van der Waals surface area contributed by atoms with Crippen molar-refractivity contribution in [2.75, 3.05) is 0 Å². The third-order valence-electron chi connectivity index (χ3n) is 2.66. The molecule has 1 aromatic carbocycles. The fraction of sp³-hybridized carbons (Fsp3) is 0.467. The van der Waals surface area contributed by atoms with Gasteiger partial charge in [0.1, 0.15) is 5.60 Å². The van der Waals surface area contributed by atoms with Gasteiger partial charge in [0, 0.05) is 6.54 Å². The van der Waals surface area contributed by atoms with Gasteiger partial charge in [0.05, 0.1) is 5.92 Å². The zero-order chi connectivity index (χ0) is 15.3. The molecule has 1 amide bonds. The summed E-state index contributed by atoms with van der Waals surface area (Å²) in [6.45, 7) is 7.31. The second-order valence-electron chi connectivity index (χ2n) is 5.66. The van der Waals surface area contributed by atoms with E-state index in [1.807, 2.05) is 6.07 Å². The van der Waals surface area contributed by atoms with Gasteiger partial charge in [-0.05, 0) is 38.8 Å². The highest BCUT2D eigenvalue weighted by atomic mass is 16.6. The molecule has 0 aliphatic rings. The molecule has 0 spiro atoms. The van der Waals surface area contributed by atoms with E-state index in [9.17, 15) is 9.59 Å². The van der Waals surface area contributed by atoms with E-state index in [-0.39, 0.29) is 0 Å². The zero-order valence-electron chi connectivity index (χ0n) is 12.3. The van der Waals surface area contributed by atoms with Crippen LogP contribution in [0.2, 0.25) is 0 Å². The molecule has 20 heavy (non-hydrogen) atoms. The van der Waals surface area contributed by atoms with Gasteiger partial charge in [-0.2, -0.15) is 0 Å². The number of hydrogen-bond donors (Lipinski definition) is 2. The Hall–Kier alpha value is -2.04. The number of rotatable bonds is 4. The lowest BCUT2D eigenvalue weighted by molar-refractivity contribution is -0.138. The maximum atomic E-state index is 11.5. The quantitative estimate of drug-likeness (QED) is 0.888. The number of aliphatic carboxylic acids is 1. The summed E-state index contributed by atoms with van der Waals surface area (Å²) in [6.07, 6.45) is -0.491. The third-order valence-corrected chi connectivity index (χ3v) is 2.66. The molecule has 5 heteroatoms. The molecule has 0 radical (unpaired) electrons. The van der Waals surface area contributed by atoms with Gasteiger partial charge in [0.15, 0.2) is 0 Å². The zero-order valence-corrected chi connectivity index (χ0v) is 12.3. The summed E-state index contributed by atoms with van der Waals surface area (Å²) in [5, 5.41) is 11.6. The van der Waals surface area contributed by atoms with Crippen molar-refractivity contribution in [2.45, 2.75) is 45.8 Å². The second kappa shape index (κ2) is 6.41. The average Bonchev–Trinajstić information content (AvgIpc) is 2.33. The summed E-state index contributed by atoms with van der Waals surface area (Å²) in [5.41, 5.74) is 1.01. The molecular weight excluding hydrogens is 258 g/mol. The number of alkyl carbamates (subject to hydrolysis) is 1. The Balaban J connectivity index is 2.63. The minimum Gasteiger partial charge on any atom is -0.481 e. The van der Waals surface area contributed by atoms with E-state index in [4.69, 9.17) is 9.84 Å². The highest BCUT2D eigenvalue weighted by molar-refractivity contribution is 5.75. The Labute approximate surface area is 118 Å². The second-order valence-corrected chi connectivity index (χ2v) is 5.66. The fourth-order valence-corrected chi connectivity index (χ4v) is 1.60. The minimum atomic E-state index is -0.873. The molecule has 1 atom stereocenters. The predicted molar refractivity (Wildman–Crippen MR) is 75.6 cm³/mol. The predicted octanol–water partition coefficient (Wildman–Crippen LogP) is 2.90. The van der Waals surface area contributed by atoms with E-state index in [1.54, 1.807) is 45.9 Å². The third kappa shape index (κ3) is 5.30. The van der Waals surface area contributed by atoms with Gasteiger partial charge in [0.2, 0.25) is 0 Å². The lowest BCUT2D eigenvalue weighted by Crippen LogP contribution is -2.32. The number of carbonyl (C=O) groups excluding carboxylic acids is 1. The van der Waals surface area contributed by atoms with Crippen LogP contribution < -0.4 is 5.32 Å². The van der Waals surface area contributed by atoms with Gasteiger partial charge in [-0.25, -0.2) is 4.79 Å². The van der Waals surface area contributed by atoms with E-state index in [0.29, 0.717) is 12.1 Å². The topological polar surface area (TPSA) is 75.6 Å². The molecule has 1 aromatic rings. The van der Waals surface area contributed by atoms with Gasteiger partial charge in [-0.15, -0.1) is 0 Å². The standard InChI is InChI=1S/C15H21NO4/c1-10(13(17)18)12-7-5-6-11(8-12)9-16-14(19)20-15(2,3)4/h5-8,10H,9H2,1-4H3,(H,16,19)(H,17,18). The van der Waals surface area contributed by atoms with Gasteiger partial charge in [-0.3, -0.25) is 4.79 Å². The summed E-state index contributed by atoms with van der Waals surface area (Å²) in [4.78, 5) is 22.5.